The molecule has 0 aliphatic carbocycles. The van der Waals surface area contributed by atoms with E-state index in [1.165, 1.54) is 24.3 Å². The minimum Gasteiger partial charge on any atom is -0.378 e. The maximum Gasteiger partial charge on any atom is 0.320 e. The van der Waals surface area contributed by atoms with Gasteiger partial charge in [0.05, 0.1) is 24.9 Å². The molecule has 7 nitrogen and oxygen atoms in total. The zero-order chi connectivity index (χ0) is 28.9. The van der Waals surface area contributed by atoms with Crippen LogP contribution in [0.4, 0.5) is 18.0 Å². The topological polar surface area (TPSA) is 76.6 Å². The van der Waals surface area contributed by atoms with Gasteiger partial charge in [0.2, 0.25) is 0 Å². The summed E-state index contributed by atoms with van der Waals surface area (Å²) in [6.07, 6.45) is 2.07. The monoisotopic (exact) mass is 557 g/mol. The molecule has 1 aromatic heterocycles. The van der Waals surface area contributed by atoms with Gasteiger partial charge in [-0.2, -0.15) is 0 Å². The second-order valence-electron chi connectivity index (χ2n) is 11.3. The number of nitrogens with zero attached hydrogens (tertiary/aromatic N) is 4. The van der Waals surface area contributed by atoms with Crippen LogP contribution >= 0.6 is 0 Å². The largest absolute Gasteiger partial charge is 0.378 e. The van der Waals surface area contributed by atoms with Gasteiger partial charge in [0.25, 0.3) is 0 Å². The number of alkyl halides is 1. The van der Waals surface area contributed by atoms with E-state index in [1.807, 2.05) is 31.4 Å². The third-order valence-electron chi connectivity index (χ3n) is 7.01. The van der Waals surface area contributed by atoms with E-state index in [-0.39, 0.29) is 31.4 Å². The number of benzene rings is 2. The normalized spacial score (nSPS) is 15.6. The highest BCUT2D eigenvalue weighted by Crippen LogP contribution is 2.40. The second-order valence-corrected chi connectivity index (χ2v) is 11.3. The fourth-order valence-corrected chi connectivity index (χ4v) is 5.04. The molecule has 1 fully saturated rings. The molecule has 4 rings (SSSR count). The molecule has 0 spiro atoms. The van der Waals surface area contributed by atoms with Gasteiger partial charge in [-0.3, -0.25) is 0 Å². The summed E-state index contributed by atoms with van der Waals surface area (Å²) < 4.78 is 49.0. The van der Waals surface area contributed by atoms with E-state index in [1.54, 1.807) is 34.2 Å². The average Bonchev–Trinajstić information content (AvgIpc) is 3.32. The van der Waals surface area contributed by atoms with Crippen LogP contribution in [0.1, 0.15) is 44.6 Å². The van der Waals surface area contributed by atoms with Crippen LogP contribution in [-0.2, 0) is 11.3 Å². The van der Waals surface area contributed by atoms with E-state index < -0.39 is 30.0 Å². The van der Waals surface area contributed by atoms with Gasteiger partial charge in [0.1, 0.15) is 24.1 Å². The summed E-state index contributed by atoms with van der Waals surface area (Å²) in [5.41, 5.74) is 7.25. The summed E-state index contributed by atoms with van der Waals surface area (Å²) in [4.78, 5) is 22.4. The first-order valence-electron chi connectivity index (χ1n) is 13.6. The highest BCUT2D eigenvalue weighted by molar-refractivity contribution is 5.75. The van der Waals surface area contributed by atoms with E-state index in [4.69, 9.17) is 15.5 Å². The number of nitrogens with two attached hydrogens (primary N) is 1. The van der Waals surface area contributed by atoms with E-state index in [9.17, 15) is 18.0 Å². The quantitative estimate of drug-likeness (QED) is 0.382. The number of aromatic nitrogens is 2. The van der Waals surface area contributed by atoms with Gasteiger partial charge in [-0.15, -0.1) is 0 Å². The van der Waals surface area contributed by atoms with Crippen LogP contribution < -0.4 is 5.73 Å². The SMILES string of the molecule is CC(C)(C)[C@H](c1nc(-c2cccc(F)c2)cn1Cc1cccc(F)c1)N(CC[C@H](N)CF)C(=O)N1CCOCC1. The first-order valence-corrected chi connectivity index (χ1v) is 13.6. The van der Waals surface area contributed by atoms with Gasteiger partial charge in [-0.25, -0.2) is 22.9 Å². The molecular formula is C30H38F3N5O2. The minimum atomic E-state index is -0.712. The first-order chi connectivity index (χ1) is 19.1. The summed E-state index contributed by atoms with van der Waals surface area (Å²) in [6.45, 7) is 7.57. The molecule has 216 valence electrons. The third-order valence-corrected chi connectivity index (χ3v) is 7.01. The standard InChI is InChI=1S/C30H38F3N5O2/c1-30(2,3)27(38(11-10-25(34)18-31)29(39)36-12-14-40-15-13-36)28-35-26(22-7-5-9-24(33)17-22)20-37(28)19-21-6-4-8-23(32)16-21/h4-9,16-17,20,25,27H,10-15,18-19,34H2,1-3H3/t25-,27-/m0/s1. The zero-order valence-corrected chi connectivity index (χ0v) is 23.3. The Labute approximate surface area is 233 Å². The lowest BCUT2D eigenvalue weighted by atomic mass is 9.84. The molecule has 1 aliphatic rings. The lowest BCUT2D eigenvalue weighted by molar-refractivity contribution is 0.0277. The number of urea groups is 1. The van der Waals surface area contributed by atoms with Crippen molar-refractivity contribution in [2.24, 2.45) is 11.1 Å². The Bertz CT molecular complexity index is 1290. The number of rotatable bonds is 9. The molecule has 0 radical (unpaired) electrons. The van der Waals surface area contributed by atoms with Crippen molar-refractivity contribution in [1.82, 2.24) is 19.4 Å². The van der Waals surface area contributed by atoms with E-state index in [0.29, 0.717) is 48.9 Å². The minimum absolute atomic E-state index is 0.207. The van der Waals surface area contributed by atoms with Crippen molar-refractivity contribution < 1.29 is 22.7 Å². The molecule has 40 heavy (non-hydrogen) atoms. The summed E-state index contributed by atoms with van der Waals surface area (Å²) >= 11 is 0. The van der Waals surface area contributed by atoms with Crippen molar-refractivity contribution >= 4 is 6.03 Å². The molecule has 2 N–H and O–H groups in total. The fraction of sp³-hybridized carbons (Fsp3) is 0.467. The Morgan fingerprint density at radius 1 is 1.10 bits per heavy atom. The van der Waals surface area contributed by atoms with Gasteiger partial charge in [-0.1, -0.05) is 45.0 Å². The number of carbonyl (C=O) groups excluding carboxylic acids is 1. The summed E-state index contributed by atoms with van der Waals surface area (Å²) in [5, 5.41) is 0. The van der Waals surface area contributed by atoms with Crippen molar-refractivity contribution in [3.8, 4) is 11.3 Å². The Morgan fingerprint density at radius 3 is 2.40 bits per heavy atom. The van der Waals surface area contributed by atoms with Gasteiger partial charge < -0.3 is 24.8 Å². The maximum atomic E-state index is 14.2. The van der Waals surface area contributed by atoms with Crippen molar-refractivity contribution in [1.29, 1.82) is 0 Å². The molecule has 1 saturated heterocycles. The molecule has 1 aliphatic heterocycles. The fourth-order valence-electron chi connectivity index (χ4n) is 5.04. The maximum absolute atomic E-state index is 14.2. The molecule has 10 heteroatoms. The van der Waals surface area contributed by atoms with Crippen LogP contribution in [0.2, 0.25) is 0 Å². The second kappa shape index (κ2) is 12.9. The smallest absolute Gasteiger partial charge is 0.320 e. The van der Waals surface area contributed by atoms with Crippen LogP contribution in [0.15, 0.2) is 54.7 Å². The Kier molecular flexibility index (Phi) is 9.52. The predicted molar refractivity (Wildman–Crippen MR) is 148 cm³/mol. The molecule has 3 aromatic rings. The summed E-state index contributed by atoms with van der Waals surface area (Å²) in [7, 11) is 0. The van der Waals surface area contributed by atoms with Crippen molar-refractivity contribution in [3.05, 3.63) is 77.8 Å². The van der Waals surface area contributed by atoms with Crippen LogP contribution in [0.5, 0.6) is 0 Å². The molecule has 2 aromatic carbocycles. The molecule has 0 bridgehead atoms. The average molecular weight is 558 g/mol. The lowest BCUT2D eigenvalue weighted by Gasteiger charge is -2.43. The van der Waals surface area contributed by atoms with Gasteiger partial charge in [0.15, 0.2) is 0 Å². The number of carbonyl (C=O) groups is 1. The van der Waals surface area contributed by atoms with Gasteiger partial charge in [0, 0.05) is 44.0 Å². The van der Waals surface area contributed by atoms with E-state index >= 15 is 0 Å². The molecule has 0 unspecified atom stereocenters. The van der Waals surface area contributed by atoms with E-state index in [0.717, 1.165) is 0 Å². The van der Waals surface area contributed by atoms with Crippen molar-refractivity contribution in [2.45, 2.75) is 45.8 Å². The molecular weight excluding hydrogens is 519 g/mol. The number of ether oxygens (including phenoxy) is 1. The number of imidazole rings is 1. The first kappa shape index (κ1) is 29.6. The van der Waals surface area contributed by atoms with E-state index in [2.05, 4.69) is 0 Å². The van der Waals surface area contributed by atoms with Gasteiger partial charge >= 0.3 is 6.03 Å². The molecule has 2 amide bonds. The summed E-state index contributed by atoms with van der Waals surface area (Å²) in [6, 6.07) is 11.0. The number of hydrogen-bond acceptors (Lipinski definition) is 4. The van der Waals surface area contributed by atoms with Crippen molar-refractivity contribution in [2.75, 3.05) is 39.5 Å². The Balaban J connectivity index is 1.84. The summed E-state index contributed by atoms with van der Waals surface area (Å²) in [5.74, 6) is -0.192. The number of halogens is 3. The molecule has 0 saturated carbocycles. The Morgan fingerprint density at radius 2 is 1.77 bits per heavy atom. The lowest BCUT2D eigenvalue weighted by Crippen LogP contribution is -2.52. The highest BCUT2D eigenvalue weighted by atomic mass is 19.1. The number of morpholine rings is 1. The third kappa shape index (κ3) is 7.22. The molecule has 2 heterocycles. The van der Waals surface area contributed by atoms with Crippen LogP contribution in [0.3, 0.4) is 0 Å². The van der Waals surface area contributed by atoms with Crippen LogP contribution in [0, 0.1) is 17.0 Å². The molecule has 2 atom stereocenters. The number of amides is 2. The zero-order valence-electron chi connectivity index (χ0n) is 23.3. The van der Waals surface area contributed by atoms with Gasteiger partial charge in [-0.05, 0) is 41.7 Å². The highest BCUT2D eigenvalue weighted by Gasteiger charge is 2.40. The van der Waals surface area contributed by atoms with Crippen molar-refractivity contribution in [3.63, 3.8) is 0 Å². The Hall–Kier alpha value is -3.37. The number of hydrogen-bond donors (Lipinski definition) is 1. The van der Waals surface area contributed by atoms with Crippen LogP contribution in [0.25, 0.3) is 11.3 Å². The van der Waals surface area contributed by atoms with Crippen LogP contribution in [-0.4, -0.2) is 70.9 Å². The predicted octanol–water partition coefficient (Wildman–Crippen LogP) is 5.40.